The summed E-state index contributed by atoms with van der Waals surface area (Å²) in [5, 5.41) is 11.2. The molecule has 26 heavy (non-hydrogen) atoms. The molecule has 0 radical (unpaired) electrons. The molecule has 2 rings (SSSR count). The van der Waals surface area contributed by atoms with Crippen LogP contribution in [-0.4, -0.2) is 35.9 Å². The molecule has 0 amide bonds. The molecule has 0 saturated heterocycles. The predicted molar refractivity (Wildman–Crippen MR) is 118 cm³/mol. The summed E-state index contributed by atoms with van der Waals surface area (Å²) in [5.74, 6) is 1.69. The predicted octanol–water partition coefficient (Wildman–Crippen LogP) is 3.27. The summed E-state index contributed by atoms with van der Waals surface area (Å²) in [6.45, 7) is 9.39. The Labute approximate surface area is 173 Å². The minimum absolute atomic E-state index is 0. The van der Waals surface area contributed by atoms with Crippen molar-refractivity contribution in [2.24, 2.45) is 4.99 Å². The molecule has 144 valence electrons. The monoisotopic (exact) mass is 471 g/mol. The van der Waals surface area contributed by atoms with E-state index in [2.05, 4.69) is 51.4 Å². The first kappa shape index (κ1) is 22.3. The second kappa shape index (κ2) is 11.8. The van der Waals surface area contributed by atoms with Crippen molar-refractivity contribution in [1.82, 2.24) is 20.4 Å². The molecule has 1 heterocycles. The molecule has 7 heteroatoms. The zero-order valence-corrected chi connectivity index (χ0v) is 18.4. The average molecular weight is 471 g/mol. The summed E-state index contributed by atoms with van der Waals surface area (Å²) in [5.41, 5.74) is 3.40. The molecule has 0 saturated carbocycles. The van der Waals surface area contributed by atoms with E-state index in [0.29, 0.717) is 6.54 Å². The molecule has 0 spiro atoms. The van der Waals surface area contributed by atoms with Gasteiger partial charge in [0.05, 0.1) is 19.3 Å². The second-order valence-electron chi connectivity index (χ2n) is 5.98. The van der Waals surface area contributed by atoms with E-state index < -0.39 is 0 Å². The fraction of sp³-hybridized carbons (Fsp3) is 0.474. The van der Waals surface area contributed by atoms with Crippen molar-refractivity contribution in [2.75, 3.05) is 20.2 Å². The van der Waals surface area contributed by atoms with Crippen LogP contribution in [0.25, 0.3) is 0 Å². The fourth-order valence-corrected chi connectivity index (χ4v) is 2.62. The third-order valence-electron chi connectivity index (χ3n) is 3.84. The van der Waals surface area contributed by atoms with Gasteiger partial charge < -0.3 is 15.4 Å². The first-order chi connectivity index (χ1) is 12.1. The third kappa shape index (κ3) is 7.23. The van der Waals surface area contributed by atoms with E-state index in [-0.39, 0.29) is 24.0 Å². The number of aromatic nitrogens is 2. The number of aryl methyl sites for hydroxylation is 3. The Morgan fingerprint density at radius 3 is 2.69 bits per heavy atom. The standard InChI is InChI=1S/C19H29N5O.HI/c1-5-20-19(22-14-17-8-6-9-18(13-17)25-4)21-10-7-11-24-16(3)12-15(2)23-24;/h6,8-9,12-13H,5,7,10-11,14H2,1-4H3,(H2,20,21,22);1H. The van der Waals surface area contributed by atoms with Crippen LogP contribution in [0.3, 0.4) is 0 Å². The molecule has 1 aromatic heterocycles. The van der Waals surface area contributed by atoms with Crippen molar-refractivity contribution in [3.05, 3.63) is 47.3 Å². The average Bonchev–Trinajstić information content (AvgIpc) is 2.94. The van der Waals surface area contributed by atoms with Crippen molar-refractivity contribution >= 4 is 29.9 Å². The van der Waals surface area contributed by atoms with E-state index in [4.69, 9.17) is 4.74 Å². The van der Waals surface area contributed by atoms with Gasteiger partial charge in [-0.05, 0) is 51.0 Å². The fourth-order valence-electron chi connectivity index (χ4n) is 2.62. The number of benzene rings is 1. The number of aliphatic imine (C=N–C) groups is 1. The molecule has 0 aliphatic heterocycles. The lowest BCUT2D eigenvalue weighted by Gasteiger charge is -2.12. The zero-order chi connectivity index (χ0) is 18.1. The lowest BCUT2D eigenvalue weighted by atomic mass is 10.2. The summed E-state index contributed by atoms with van der Waals surface area (Å²) in [4.78, 5) is 4.64. The van der Waals surface area contributed by atoms with Gasteiger partial charge in [0.1, 0.15) is 5.75 Å². The van der Waals surface area contributed by atoms with E-state index in [1.54, 1.807) is 7.11 Å². The van der Waals surface area contributed by atoms with Crippen LogP contribution < -0.4 is 15.4 Å². The lowest BCUT2D eigenvalue weighted by Crippen LogP contribution is -2.38. The number of nitrogens with one attached hydrogen (secondary N) is 2. The van der Waals surface area contributed by atoms with Gasteiger partial charge in [0.15, 0.2) is 5.96 Å². The van der Waals surface area contributed by atoms with Gasteiger partial charge in [0, 0.05) is 25.3 Å². The quantitative estimate of drug-likeness (QED) is 0.269. The van der Waals surface area contributed by atoms with Gasteiger partial charge in [-0.1, -0.05) is 12.1 Å². The maximum Gasteiger partial charge on any atom is 0.191 e. The number of halogens is 1. The van der Waals surface area contributed by atoms with Gasteiger partial charge in [-0.25, -0.2) is 4.99 Å². The Morgan fingerprint density at radius 1 is 1.23 bits per heavy atom. The van der Waals surface area contributed by atoms with Crippen LogP contribution in [0.2, 0.25) is 0 Å². The van der Waals surface area contributed by atoms with Crippen LogP contribution in [0.1, 0.15) is 30.3 Å². The van der Waals surface area contributed by atoms with Crippen LogP contribution in [0.5, 0.6) is 5.75 Å². The van der Waals surface area contributed by atoms with Crippen molar-refractivity contribution < 1.29 is 4.74 Å². The lowest BCUT2D eigenvalue weighted by molar-refractivity contribution is 0.414. The molecule has 0 aliphatic rings. The molecule has 2 aromatic rings. The Kier molecular flexibility index (Phi) is 10.1. The van der Waals surface area contributed by atoms with Crippen molar-refractivity contribution in [1.29, 1.82) is 0 Å². The van der Waals surface area contributed by atoms with Crippen molar-refractivity contribution in [3.8, 4) is 5.75 Å². The van der Waals surface area contributed by atoms with E-state index in [9.17, 15) is 0 Å². The first-order valence-corrected chi connectivity index (χ1v) is 8.78. The van der Waals surface area contributed by atoms with Gasteiger partial charge in [-0.2, -0.15) is 5.10 Å². The van der Waals surface area contributed by atoms with Gasteiger partial charge in [-0.3, -0.25) is 4.68 Å². The largest absolute Gasteiger partial charge is 0.497 e. The summed E-state index contributed by atoms with van der Waals surface area (Å²) < 4.78 is 7.31. The molecule has 1 aromatic carbocycles. The number of guanidine groups is 1. The molecule has 0 fully saturated rings. The van der Waals surface area contributed by atoms with Gasteiger partial charge >= 0.3 is 0 Å². The summed E-state index contributed by atoms with van der Waals surface area (Å²) in [6.07, 6.45) is 0.992. The van der Waals surface area contributed by atoms with E-state index in [1.807, 2.05) is 25.1 Å². The zero-order valence-electron chi connectivity index (χ0n) is 16.1. The van der Waals surface area contributed by atoms with Crippen LogP contribution in [0.15, 0.2) is 35.3 Å². The Hall–Kier alpha value is -1.77. The van der Waals surface area contributed by atoms with Crippen LogP contribution in [-0.2, 0) is 13.1 Å². The van der Waals surface area contributed by atoms with Crippen molar-refractivity contribution in [2.45, 2.75) is 40.3 Å². The Bertz CT molecular complexity index is 699. The molecule has 0 bridgehead atoms. The van der Waals surface area contributed by atoms with Gasteiger partial charge in [0.25, 0.3) is 0 Å². The summed E-state index contributed by atoms with van der Waals surface area (Å²) >= 11 is 0. The maximum atomic E-state index is 5.25. The van der Waals surface area contributed by atoms with Crippen LogP contribution >= 0.6 is 24.0 Å². The molecule has 0 atom stereocenters. The number of rotatable bonds is 8. The minimum atomic E-state index is 0. The molecule has 0 aliphatic carbocycles. The topological polar surface area (TPSA) is 63.5 Å². The maximum absolute atomic E-state index is 5.25. The Morgan fingerprint density at radius 2 is 2.04 bits per heavy atom. The number of hydrogen-bond donors (Lipinski definition) is 2. The highest BCUT2D eigenvalue weighted by atomic mass is 127. The minimum Gasteiger partial charge on any atom is -0.497 e. The number of ether oxygens (including phenoxy) is 1. The highest BCUT2D eigenvalue weighted by Gasteiger charge is 2.02. The normalized spacial score (nSPS) is 11.0. The molecule has 2 N–H and O–H groups in total. The Balaban J connectivity index is 0.00000338. The third-order valence-corrected chi connectivity index (χ3v) is 3.84. The molecular weight excluding hydrogens is 441 g/mol. The molecular formula is C19H30IN5O. The first-order valence-electron chi connectivity index (χ1n) is 8.78. The van der Waals surface area contributed by atoms with Crippen LogP contribution in [0.4, 0.5) is 0 Å². The molecule has 0 unspecified atom stereocenters. The van der Waals surface area contributed by atoms with Gasteiger partial charge in [0.2, 0.25) is 0 Å². The smallest absolute Gasteiger partial charge is 0.191 e. The summed E-state index contributed by atoms with van der Waals surface area (Å²) in [6, 6.07) is 10.1. The highest BCUT2D eigenvalue weighted by Crippen LogP contribution is 2.13. The second-order valence-corrected chi connectivity index (χ2v) is 5.98. The van der Waals surface area contributed by atoms with Crippen LogP contribution in [0, 0.1) is 13.8 Å². The van der Waals surface area contributed by atoms with Crippen molar-refractivity contribution in [3.63, 3.8) is 0 Å². The van der Waals surface area contributed by atoms with E-state index in [0.717, 1.165) is 49.0 Å². The number of methoxy groups -OCH3 is 1. The van der Waals surface area contributed by atoms with Gasteiger partial charge in [-0.15, -0.1) is 24.0 Å². The SMILES string of the molecule is CCNC(=NCc1cccc(OC)c1)NCCCn1nc(C)cc1C.I. The number of hydrogen-bond acceptors (Lipinski definition) is 3. The molecule has 6 nitrogen and oxygen atoms in total. The number of nitrogens with zero attached hydrogens (tertiary/aromatic N) is 3. The highest BCUT2D eigenvalue weighted by molar-refractivity contribution is 14.0. The van der Waals surface area contributed by atoms with E-state index in [1.165, 1.54) is 5.69 Å². The summed E-state index contributed by atoms with van der Waals surface area (Å²) in [7, 11) is 1.68. The van der Waals surface area contributed by atoms with E-state index >= 15 is 0 Å².